The Labute approximate surface area is 277 Å². The van der Waals surface area contributed by atoms with Crippen LogP contribution in [0.1, 0.15) is 50.7 Å². The number of hydrogen-bond acceptors (Lipinski definition) is 1. The van der Waals surface area contributed by atoms with Gasteiger partial charge in [-0.25, -0.2) is 4.57 Å². The summed E-state index contributed by atoms with van der Waals surface area (Å²) in [7, 11) is 2.16. The van der Waals surface area contributed by atoms with Crippen molar-refractivity contribution in [1.29, 1.82) is 0 Å². The lowest BCUT2D eigenvalue weighted by molar-refractivity contribution is -0.686. The van der Waals surface area contributed by atoms with Gasteiger partial charge in [-0.2, -0.15) is 9.13 Å². The molecule has 230 valence electrons. The summed E-state index contributed by atoms with van der Waals surface area (Å²) in [4.78, 5) is 0. The van der Waals surface area contributed by atoms with Crippen LogP contribution >= 0.6 is 11.3 Å². The minimum Gasteiger partial charge on any atom is -0.232 e. The summed E-state index contributed by atoms with van der Waals surface area (Å²) in [5.41, 5.74) is 8.05. The Morgan fingerprint density at radius 2 is 1.48 bits per heavy atom. The number of pyridine rings is 1. The molecular formula is C42H43N3S+2. The number of nitrogens with zero attached hydrogens (tertiary/aromatic N) is 3. The number of imidazole rings is 1. The Bertz CT molecular complexity index is 2130. The molecule has 7 aromatic rings. The van der Waals surface area contributed by atoms with Crippen LogP contribution in [-0.2, 0) is 19.0 Å². The minimum absolute atomic E-state index is 0.0757. The van der Waals surface area contributed by atoms with Crippen molar-refractivity contribution in [3.05, 3.63) is 139 Å². The third-order valence-electron chi connectivity index (χ3n) is 10.1. The van der Waals surface area contributed by atoms with Gasteiger partial charge < -0.3 is 0 Å². The SMILES string of the molecule is CCC(CC)(CCC[n+]1ccccc1-c1c(C)ccc2c1sc1ccccc12)c1ccccc1-c1n(-c2ccccc2)cc[n+]1C. The van der Waals surface area contributed by atoms with Crippen LogP contribution in [0.25, 0.3) is 48.5 Å². The topological polar surface area (TPSA) is 12.7 Å². The van der Waals surface area contributed by atoms with Crippen molar-refractivity contribution >= 4 is 31.5 Å². The molecule has 0 saturated carbocycles. The molecule has 3 aromatic heterocycles. The molecule has 0 unspecified atom stereocenters. The molecule has 3 nitrogen and oxygen atoms in total. The van der Waals surface area contributed by atoms with Crippen molar-refractivity contribution < 1.29 is 9.13 Å². The predicted molar refractivity (Wildman–Crippen MR) is 194 cm³/mol. The zero-order valence-corrected chi connectivity index (χ0v) is 28.2. The highest BCUT2D eigenvalue weighted by molar-refractivity contribution is 7.26. The van der Waals surface area contributed by atoms with Gasteiger partial charge >= 0.3 is 0 Å². The zero-order valence-electron chi connectivity index (χ0n) is 27.4. The van der Waals surface area contributed by atoms with E-state index in [9.17, 15) is 0 Å². The second-order valence-corrected chi connectivity index (χ2v) is 13.6. The predicted octanol–water partition coefficient (Wildman–Crippen LogP) is 10.1. The lowest BCUT2D eigenvalue weighted by atomic mass is 9.70. The van der Waals surface area contributed by atoms with Crippen LogP contribution in [0, 0.1) is 6.92 Å². The first-order chi connectivity index (χ1) is 22.5. The number of para-hydroxylation sites is 1. The van der Waals surface area contributed by atoms with Crippen LogP contribution in [0.5, 0.6) is 0 Å². The van der Waals surface area contributed by atoms with E-state index in [1.807, 2.05) is 11.3 Å². The summed E-state index contributed by atoms with van der Waals surface area (Å²) in [5, 5.41) is 2.71. The number of rotatable bonds is 10. The number of thiophene rings is 1. The maximum absolute atomic E-state index is 2.49. The van der Waals surface area contributed by atoms with Gasteiger partial charge in [0.25, 0.3) is 5.82 Å². The van der Waals surface area contributed by atoms with Crippen LogP contribution < -0.4 is 9.13 Å². The van der Waals surface area contributed by atoms with E-state index in [1.54, 1.807) is 0 Å². The zero-order chi connectivity index (χ0) is 31.7. The quantitative estimate of drug-likeness (QED) is 0.135. The van der Waals surface area contributed by atoms with E-state index >= 15 is 0 Å². The van der Waals surface area contributed by atoms with Crippen molar-refractivity contribution in [2.45, 2.75) is 58.4 Å². The van der Waals surface area contributed by atoms with E-state index in [4.69, 9.17) is 0 Å². The fraction of sp³-hybridized carbons (Fsp3) is 0.238. The van der Waals surface area contributed by atoms with E-state index in [2.05, 4.69) is 169 Å². The van der Waals surface area contributed by atoms with Crippen LogP contribution in [-0.4, -0.2) is 4.57 Å². The maximum atomic E-state index is 2.49. The highest BCUT2D eigenvalue weighted by Crippen LogP contribution is 2.43. The van der Waals surface area contributed by atoms with Crippen molar-refractivity contribution in [2.75, 3.05) is 0 Å². The molecule has 0 atom stereocenters. The van der Waals surface area contributed by atoms with Gasteiger partial charge in [0.15, 0.2) is 6.20 Å². The first-order valence-corrected chi connectivity index (χ1v) is 17.5. The molecule has 0 spiro atoms. The van der Waals surface area contributed by atoms with Gasteiger partial charge in [0, 0.05) is 38.7 Å². The summed E-state index contributed by atoms with van der Waals surface area (Å²) in [6.45, 7) is 8.00. The van der Waals surface area contributed by atoms with E-state index in [1.165, 1.54) is 59.6 Å². The number of aromatic nitrogens is 3. The Morgan fingerprint density at radius 1 is 0.739 bits per heavy atom. The van der Waals surface area contributed by atoms with E-state index < -0.39 is 0 Å². The van der Waals surface area contributed by atoms with Crippen molar-refractivity contribution in [1.82, 2.24) is 4.57 Å². The lowest BCUT2D eigenvalue weighted by Gasteiger charge is -2.33. The summed E-state index contributed by atoms with van der Waals surface area (Å²) in [6.07, 6.45) is 11.1. The highest BCUT2D eigenvalue weighted by atomic mass is 32.1. The number of aryl methyl sites for hydroxylation is 3. The third-order valence-corrected chi connectivity index (χ3v) is 11.3. The average molecular weight is 622 g/mol. The van der Waals surface area contributed by atoms with Gasteiger partial charge in [-0.3, -0.25) is 0 Å². The molecule has 0 radical (unpaired) electrons. The number of fused-ring (bicyclic) bond motifs is 3. The standard InChI is InChI=1S/C42H43N3S/c1-5-42(6-2,36-21-12-10-20-35(36)41-43(4)29-30-45(41)32-17-8-7-9-18-32)26-16-28-44-27-15-14-22-37(44)39-31(3)24-25-34-33-19-11-13-23-38(33)46-40(34)39/h7-15,17-25,27,29-30H,5-6,16,26,28H2,1-4H3/q+2. The number of benzene rings is 4. The highest BCUT2D eigenvalue weighted by Gasteiger charge is 2.34. The molecule has 0 fully saturated rings. The molecule has 46 heavy (non-hydrogen) atoms. The molecule has 7 rings (SSSR count). The molecule has 0 aliphatic carbocycles. The Hall–Kier alpha value is -4.54. The summed E-state index contributed by atoms with van der Waals surface area (Å²) in [5.74, 6) is 1.22. The molecule has 3 heterocycles. The van der Waals surface area contributed by atoms with E-state index in [0.717, 1.165) is 32.2 Å². The Kier molecular flexibility index (Phi) is 8.31. The lowest BCUT2D eigenvalue weighted by Crippen LogP contribution is -2.37. The fourth-order valence-corrected chi connectivity index (χ4v) is 8.86. The summed E-state index contributed by atoms with van der Waals surface area (Å²) < 4.78 is 9.84. The second-order valence-electron chi connectivity index (χ2n) is 12.6. The van der Waals surface area contributed by atoms with E-state index in [0.29, 0.717) is 0 Å². The average Bonchev–Trinajstić information content (AvgIpc) is 3.68. The first-order valence-electron chi connectivity index (χ1n) is 16.7. The van der Waals surface area contributed by atoms with Crippen molar-refractivity contribution in [3.8, 4) is 28.3 Å². The molecule has 0 aliphatic rings. The molecule has 4 aromatic carbocycles. The van der Waals surface area contributed by atoms with Crippen LogP contribution in [0.2, 0.25) is 0 Å². The molecule has 0 aliphatic heterocycles. The van der Waals surface area contributed by atoms with Gasteiger partial charge in [0.1, 0.15) is 24.6 Å². The van der Waals surface area contributed by atoms with Gasteiger partial charge in [-0.15, -0.1) is 11.3 Å². The Morgan fingerprint density at radius 3 is 2.30 bits per heavy atom. The second kappa shape index (κ2) is 12.7. The third kappa shape index (κ3) is 5.25. The maximum Gasteiger partial charge on any atom is 0.294 e. The molecule has 0 N–H and O–H groups in total. The largest absolute Gasteiger partial charge is 0.294 e. The van der Waals surface area contributed by atoms with Gasteiger partial charge in [-0.1, -0.05) is 80.6 Å². The van der Waals surface area contributed by atoms with Gasteiger partial charge in [0.05, 0.1) is 18.2 Å². The fourth-order valence-electron chi connectivity index (χ4n) is 7.55. The molecular weight excluding hydrogens is 579 g/mol. The summed E-state index contributed by atoms with van der Waals surface area (Å²) >= 11 is 1.92. The molecule has 4 heteroatoms. The molecule has 0 amide bonds. The van der Waals surface area contributed by atoms with Crippen molar-refractivity contribution in [3.63, 3.8) is 0 Å². The minimum atomic E-state index is 0.0757. The van der Waals surface area contributed by atoms with Crippen LogP contribution in [0.4, 0.5) is 0 Å². The van der Waals surface area contributed by atoms with Crippen molar-refractivity contribution in [2.24, 2.45) is 7.05 Å². The van der Waals surface area contributed by atoms with E-state index in [-0.39, 0.29) is 5.41 Å². The first kappa shape index (κ1) is 30.1. The van der Waals surface area contributed by atoms with Crippen LogP contribution in [0.3, 0.4) is 0 Å². The van der Waals surface area contributed by atoms with Gasteiger partial charge in [0.2, 0.25) is 5.69 Å². The molecule has 0 saturated heterocycles. The van der Waals surface area contributed by atoms with Gasteiger partial charge in [-0.05, 0) is 73.1 Å². The smallest absolute Gasteiger partial charge is 0.232 e. The number of hydrogen-bond donors (Lipinski definition) is 0. The summed E-state index contributed by atoms with van der Waals surface area (Å²) in [6, 6.07) is 39.9. The normalized spacial score (nSPS) is 11.9. The molecule has 0 bridgehead atoms. The monoisotopic (exact) mass is 621 g/mol. The van der Waals surface area contributed by atoms with Crippen LogP contribution in [0.15, 0.2) is 128 Å². The Balaban J connectivity index is 1.23.